The largest absolute Gasteiger partial charge is 0.426 e. The van der Waals surface area contributed by atoms with Gasteiger partial charge in [0.05, 0.1) is 6.54 Å². The Bertz CT molecular complexity index is 132. The van der Waals surface area contributed by atoms with Gasteiger partial charge in [-0.15, -0.1) is 0 Å². The lowest BCUT2D eigenvalue weighted by Gasteiger charge is -2.08. The van der Waals surface area contributed by atoms with E-state index in [0.29, 0.717) is 0 Å². The average molecular weight is 159 g/mol. The first-order valence-electron chi connectivity index (χ1n) is 2.33. The van der Waals surface area contributed by atoms with E-state index in [9.17, 15) is 22.4 Å². The van der Waals surface area contributed by atoms with Gasteiger partial charge in [0, 0.05) is 0 Å². The molecule has 0 amide bonds. The Balaban J connectivity index is 4.08. The fourth-order valence-electron chi connectivity index (χ4n) is 0.286. The molecular formula is C4H5F4NO. The van der Waals surface area contributed by atoms with Crippen molar-refractivity contribution in [2.75, 3.05) is 6.54 Å². The fraction of sp³-hybridized carbons (Fsp3) is 0.750. The van der Waals surface area contributed by atoms with Crippen LogP contribution in [0.5, 0.6) is 0 Å². The Morgan fingerprint density at radius 3 is 2.00 bits per heavy atom. The molecule has 0 aliphatic heterocycles. The Morgan fingerprint density at radius 1 is 1.50 bits per heavy atom. The maximum Gasteiger partial charge on any atom is 0.426 e. The molecule has 0 fully saturated rings. The summed E-state index contributed by atoms with van der Waals surface area (Å²) in [7, 11) is 0. The molecule has 0 heterocycles. The van der Waals surface area contributed by atoms with Gasteiger partial charge in [-0.1, -0.05) is 0 Å². The van der Waals surface area contributed by atoms with Crippen molar-refractivity contribution in [1.29, 1.82) is 0 Å². The Morgan fingerprint density at radius 2 is 1.90 bits per heavy atom. The smallest absolute Gasteiger partial charge is 0.324 e. The molecule has 2 N–H and O–H groups in total. The highest BCUT2D eigenvalue weighted by Gasteiger charge is 2.44. The summed E-state index contributed by atoms with van der Waals surface area (Å²) in [5.74, 6) is -1.65. The summed E-state index contributed by atoms with van der Waals surface area (Å²) in [6, 6.07) is 0. The molecule has 0 aliphatic rings. The molecule has 1 unspecified atom stereocenters. The van der Waals surface area contributed by atoms with Gasteiger partial charge >= 0.3 is 6.18 Å². The molecule has 0 aromatic rings. The van der Waals surface area contributed by atoms with Crippen LogP contribution in [0.3, 0.4) is 0 Å². The van der Waals surface area contributed by atoms with Gasteiger partial charge in [0.15, 0.2) is 5.78 Å². The van der Waals surface area contributed by atoms with Crippen LogP contribution in [0.4, 0.5) is 17.6 Å². The lowest BCUT2D eigenvalue weighted by Crippen LogP contribution is -2.36. The van der Waals surface area contributed by atoms with E-state index >= 15 is 0 Å². The van der Waals surface area contributed by atoms with Crippen molar-refractivity contribution in [3.8, 4) is 0 Å². The van der Waals surface area contributed by atoms with Crippen LogP contribution in [0.2, 0.25) is 0 Å². The van der Waals surface area contributed by atoms with Crippen molar-refractivity contribution in [2.45, 2.75) is 12.3 Å². The number of Topliss-reactive ketones (excluding diaryl/α,β-unsaturated/α-hetero) is 1. The lowest BCUT2D eigenvalue weighted by atomic mass is 10.2. The molecule has 0 aromatic heterocycles. The number of rotatable bonds is 2. The van der Waals surface area contributed by atoms with Crippen LogP contribution < -0.4 is 5.73 Å². The quantitative estimate of drug-likeness (QED) is 0.593. The number of hydrogen-bond acceptors (Lipinski definition) is 2. The van der Waals surface area contributed by atoms with Gasteiger partial charge in [0.2, 0.25) is 0 Å². The minimum absolute atomic E-state index is 0.930. The highest BCUT2D eigenvalue weighted by atomic mass is 19.4. The molecule has 60 valence electrons. The third kappa shape index (κ3) is 2.30. The topological polar surface area (TPSA) is 43.1 Å². The molecule has 0 aromatic carbocycles. The van der Waals surface area contributed by atoms with Crippen molar-refractivity contribution in [1.82, 2.24) is 0 Å². The third-order valence-corrected chi connectivity index (χ3v) is 0.771. The molecule has 2 nitrogen and oxygen atoms in total. The highest BCUT2D eigenvalue weighted by molar-refractivity contribution is 5.85. The molecular weight excluding hydrogens is 154 g/mol. The van der Waals surface area contributed by atoms with E-state index in [2.05, 4.69) is 5.73 Å². The van der Waals surface area contributed by atoms with Crippen LogP contribution in [0.1, 0.15) is 0 Å². The van der Waals surface area contributed by atoms with E-state index in [-0.39, 0.29) is 0 Å². The predicted molar refractivity (Wildman–Crippen MR) is 25.0 cm³/mol. The Kier molecular flexibility index (Phi) is 2.77. The van der Waals surface area contributed by atoms with Crippen LogP contribution in [-0.2, 0) is 4.79 Å². The monoisotopic (exact) mass is 159 g/mol. The zero-order chi connectivity index (χ0) is 8.36. The van der Waals surface area contributed by atoms with E-state index in [0.717, 1.165) is 0 Å². The van der Waals surface area contributed by atoms with Crippen molar-refractivity contribution in [3.05, 3.63) is 0 Å². The predicted octanol–water partition coefficient (Wildman–Crippen LogP) is 0.415. The molecule has 0 aliphatic carbocycles. The van der Waals surface area contributed by atoms with E-state index in [4.69, 9.17) is 0 Å². The molecule has 0 saturated heterocycles. The molecule has 0 bridgehead atoms. The number of alkyl halides is 4. The van der Waals surface area contributed by atoms with Gasteiger partial charge in [-0.2, -0.15) is 13.2 Å². The highest BCUT2D eigenvalue weighted by Crippen LogP contribution is 2.22. The van der Waals surface area contributed by atoms with Crippen molar-refractivity contribution >= 4 is 5.78 Å². The van der Waals surface area contributed by atoms with Gasteiger partial charge < -0.3 is 5.73 Å². The van der Waals surface area contributed by atoms with E-state index in [1.165, 1.54) is 0 Å². The second kappa shape index (κ2) is 2.96. The van der Waals surface area contributed by atoms with Crippen LogP contribution in [0.15, 0.2) is 0 Å². The second-order valence-electron chi connectivity index (χ2n) is 1.57. The molecule has 0 rings (SSSR count). The van der Waals surface area contributed by atoms with Gasteiger partial charge in [0.1, 0.15) is 0 Å². The lowest BCUT2D eigenvalue weighted by molar-refractivity contribution is -0.184. The molecule has 10 heavy (non-hydrogen) atoms. The van der Waals surface area contributed by atoms with E-state index < -0.39 is 24.7 Å². The van der Waals surface area contributed by atoms with Gasteiger partial charge in [-0.3, -0.25) is 4.79 Å². The summed E-state index contributed by atoms with van der Waals surface area (Å²) in [5.41, 5.74) is 4.48. The van der Waals surface area contributed by atoms with Crippen molar-refractivity contribution in [2.24, 2.45) is 5.73 Å². The summed E-state index contributed by atoms with van der Waals surface area (Å²) >= 11 is 0. The number of ketones is 1. The van der Waals surface area contributed by atoms with Crippen LogP contribution >= 0.6 is 0 Å². The standard InChI is InChI=1S/C4H5F4NO/c5-3(2(10)1-9)4(6,7)8/h3H,1,9H2. The van der Waals surface area contributed by atoms with Crippen molar-refractivity contribution in [3.63, 3.8) is 0 Å². The summed E-state index contributed by atoms with van der Waals surface area (Å²) < 4.78 is 45.5. The number of nitrogens with two attached hydrogens (primary N) is 1. The van der Waals surface area contributed by atoms with Gasteiger partial charge in [0.25, 0.3) is 6.17 Å². The van der Waals surface area contributed by atoms with Crippen LogP contribution in [0, 0.1) is 0 Å². The summed E-state index contributed by atoms with van der Waals surface area (Å²) in [4.78, 5) is 9.94. The van der Waals surface area contributed by atoms with Gasteiger partial charge in [-0.25, -0.2) is 4.39 Å². The van der Waals surface area contributed by atoms with Gasteiger partial charge in [-0.05, 0) is 0 Å². The third-order valence-electron chi connectivity index (χ3n) is 0.771. The number of carbonyl (C=O) groups is 1. The van der Waals surface area contributed by atoms with Crippen LogP contribution in [-0.4, -0.2) is 24.7 Å². The van der Waals surface area contributed by atoms with E-state index in [1.807, 2.05) is 0 Å². The SMILES string of the molecule is NCC(=O)C(F)C(F)(F)F. The zero-order valence-electron chi connectivity index (χ0n) is 4.78. The number of halogens is 4. The number of hydrogen-bond donors (Lipinski definition) is 1. The second-order valence-corrected chi connectivity index (χ2v) is 1.57. The summed E-state index contributed by atoms with van der Waals surface area (Å²) in [5, 5.41) is 0. The van der Waals surface area contributed by atoms with E-state index in [1.54, 1.807) is 0 Å². The normalized spacial score (nSPS) is 14.9. The minimum atomic E-state index is -5.11. The summed E-state index contributed by atoms with van der Waals surface area (Å²) in [6.07, 6.45) is -8.55. The molecule has 0 radical (unpaired) electrons. The first kappa shape index (κ1) is 9.35. The maximum absolute atomic E-state index is 11.7. The average Bonchev–Trinajstić information content (AvgIpc) is 1.83. The molecule has 0 spiro atoms. The molecule has 1 atom stereocenters. The maximum atomic E-state index is 11.7. The zero-order valence-corrected chi connectivity index (χ0v) is 4.78. The molecule has 0 saturated carbocycles. The fourth-order valence-corrected chi connectivity index (χ4v) is 0.286. The Hall–Kier alpha value is -0.650. The Labute approximate surface area is 54.0 Å². The molecule has 6 heteroatoms. The van der Waals surface area contributed by atoms with Crippen LogP contribution in [0.25, 0.3) is 0 Å². The summed E-state index contributed by atoms with van der Waals surface area (Å²) in [6.45, 7) is -0.930. The number of carbonyl (C=O) groups excluding carboxylic acids is 1. The first-order valence-corrected chi connectivity index (χ1v) is 2.33. The first-order chi connectivity index (χ1) is 4.39. The van der Waals surface area contributed by atoms with Crippen molar-refractivity contribution < 1.29 is 22.4 Å². The minimum Gasteiger partial charge on any atom is -0.324 e.